The molecule has 0 bridgehead atoms. The Hall–Kier alpha value is -0.280. The van der Waals surface area contributed by atoms with Crippen LogP contribution < -0.4 is 0 Å². The predicted molar refractivity (Wildman–Crippen MR) is 58.6 cm³/mol. The van der Waals surface area contributed by atoms with Gasteiger partial charge in [-0.3, -0.25) is 4.79 Å². The summed E-state index contributed by atoms with van der Waals surface area (Å²) in [6.45, 7) is 2.89. The maximum Gasteiger partial charge on any atom is 0.237 e. The summed E-state index contributed by atoms with van der Waals surface area (Å²) in [5.41, 5.74) is 0. The number of piperidine rings is 1. The SMILES string of the molecule is CN(C)CC1CCN(C(=O)CCl)CC1. The summed E-state index contributed by atoms with van der Waals surface area (Å²) >= 11 is 5.51. The minimum atomic E-state index is 0.0787. The lowest BCUT2D eigenvalue weighted by atomic mass is 9.96. The summed E-state index contributed by atoms with van der Waals surface area (Å²) in [6.07, 6.45) is 2.22. The minimum Gasteiger partial charge on any atom is -0.342 e. The molecule has 1 amide bonds. The smallest absolute Gasteiger partial charge is 0.237 e. The van der Waals surface area contributed by atoms with Crippen LogP contribution >= 0.6 is 11.6 Å². The standard InChI is InChI=1S/C10H19ClN2O/c1-12(2)8-9-3-5-13(6-4-9)10(14)7-11/h9H,3-8H2,1-2H3. The Morgan fingerprint density at radius 3 is 2.43 bits per heavy atom. The van der Waals surface area contributed by atoms with Crippen LogP contribution in [0.2, 0.25) is 0 Å². The molecule has 1 aliphatic heterocycles. The number of carbonyl (C=O) groups is 1. The lowest BCUT2D eigenvalue weighted by Gasteiger charge is -2.32. The lowest BCUT2D eigenvalue weighted by molar-refractivity contribution is -0.129. The van der Waals surface area contributed by atoms with Crippen LogP contribution in [0.15, 0.2) is 0 Å². The number of alkyl halides is 1. The fourth-order valence-corrected chi connectivity index (χ4v) is 2.13. The predicted octanol–water partition coefficient (Wildman–Crippen LogP) is 1.03. The molecule has 0 spiro atoms. The highest BCUT2D eigenvalue weighted by Gasteiger charge is 2.22. The molecule has 0 atom stereocenters. The Morgan fingerprint density at radius 1 is 1.43 bits per heavy atom. The van der Waals surface area contributed by atoms with Crippen molar-refractivity contribution in [2.75, 3.05) is 39.6 Å². The summed E-state index contributed by atoms with van der Waals surface area (Å²) in [4.78, 5) is 15.4. The zero-order valence-electron chi connectivity index (χ0n) is 9.00. The van der Waals surface area contributed by atoms with Crippen LogP contribution in [0, 0.1) is 5.92 Å². The van der Waals surface area contributed by atoms with E-state index in [1.807, 2.05) is 4.90 Å². The van der Waals surface area contributed by atoms with E-state index in [4.69, 9.17) is 11.6 Å². The summed E-state index contributed by atoms with van der Waals surface area (Å²) in [5.74, 6) is 0.942. The molecule has 0 radical (unpaired) electrons. The second-order valence-electron chi connectivity index (χ2n) is 4.22. The number of likely N-dealkylation sites (tertiary alicyclic amines) is 1. The van der Waals surface area contributed by atoms with Crippen LogP contribution in [0.1, 0.15) is 12.8 Å². The van der Waals surface area contributed by atoms with Gasteiger partial charge in [0.05, 0.1) is 0 Å². The molecular formula is C10H19ClN2O. The second kappa shape index (κ2) is 5.56. The largest absolute Gasteiger partial charge is 0.342 e. The third-order valence-corrected chi connectivity index (χ3v) is 2.93. The van der Waals surface area contributed by atoms with E-state index >= 15 is 0 Å². The molecule has 0 aromatic carbocycles. The first-order chi connectivity index (χ1) is 6.63. The Morgan fingerprint density at radius 2 is 2.00 bits per heavy atom. The van der Waals surface area contributed by atoms with Crippen LogP contribution in [-0.4, -0.2) is 55.3 Å². The van der Waals surface area contributed by atoms with Crippen molar-refractivity contribution in [1.82, 2.24) is 9.80 Å². The zero-order valence-corrected chi connectivity index (χ0v) is 9.76. The van der Waals surface area contributed by atoms with Gasteiger partial charge in [0.2, 0.25) is 5.91 Å². The summed E-state index contributed by atoms with van der Waals surface area (Å²) in [6, 6.07) is 0. The van der Waals surface area contributed by atoms with Gasteiger partial charge >= 0.3 is 0 Å². The number of hydrogen-bond donors (Lipinski definition) is 0. The minimum absolute atomic E-state index is 0.0787. The van der Waals surface area contributed by atoms with Gasteiger partial charge in [0.15, 0.2) is 0 Å². The van der Waals surface area contributed by atoms with Gasteiger partial charge in [-0.25, -0.2) is 0 Å². The van der Waals surface area contributed by atoms with E-state index in [-0.39, 0.29) is 11.8 Å². The molecule has 0 aliphatic carbocycles. The molecule has 1 aliphatic rings. The fourth-order valence-electron chi connectivity index (χ4n) is 1.97. The summed E-state index contributed by atoms with van der Waals surface area (Å²) < 4.78 is 0. The molecule has 1 fully saturated rings. The number of hydrogen-bond acceptors (Lipinski definition) is 2. The third kappa shape index (κ3) is 3.46. The van der Waals surface area contributed by atoms with E-state index in [1.54, 1.807) is 0 Å². The quantitative estimate of drug-likeness (QED) is 0.661. The van der Waals surface area contributed by atoms with E-state index < -0.39 is 0 Å². The number of nitrogens with zero attached hydrogens (tertiary/aromatic N) is 2. The lowest BCUT2D eigenvalue weighted by Crippen LogP contribution is -2.41. The number of amides is 1. The van der Waals surface area contributed by atoms with E-state index in [0.717, 1.165) is 38.4 Å². The normalized spacial score (nSPS) is 19.0. The van der Waals surface area contributed by atoms with Crippen molar-refractivity contribution in [2.24, 2.45) is 5.92 Å². The van der Waals surface area contributed by atoms with Gasteiger partial charge in [0.1, 0.15) is 5.88 Å². The van der Waals surface area contributed by atoms with Gasteiger partial charge in [0.25, 0.3) is 0 Å². The molecule has 0 saturated carbocycles. The Bertz CT molecular complexity index is 189. The zero-order chi connectivity index (χ0) is 10.6. The average molecular weight is 219 g/mol. The van der Waals surface area contributed by atoms with E-state index in [1.165, 1.54) is 0 Å². The Kier molecular flexibility index (Phi) is 4.69. The third-order valence-electron chi connectivity index (χ3n) is 2.70. The van der Waals surface area contributed by atoms with Crippen molar-refractivity contribution in [3.8, 4) is 0 Å². The Balaban J connectivity index is 2.27. The molecule has 4 heteroatoms. The van der Waals surface area contributed by atoms with Crippen molar-refractivity contribution in [1.29, 1.82) is 0 Å². The fraction of sp³-hybridized carbons (Fsp3) is 0.900. The van der Waals surface area contributed by atoms with Crippen LogP contribution in [0.4, 0.5) is 0 Å². The molecule has 1 saturated heterocycles. The van der Waals surface area contributed by atoms with Crippen molar-refractivity contribution < 1.29 is 4.79 Å². The van der Waals surface area contributed by atoms with E-state index in [0.29, 0.717) is 0 Å². The van der Waals surface area contributed by atoms with Gasteiger partial charge in [0, 0.05) is 19.6 Å². The number of carbonyl (C=O) groups excluding carboxylic acids is 1. The van der Waals surface area contributed by atoms with Crippen molar-refractivity contribution in [3.05, 3.63) is 0 Å². The van der Waals surface area contributed by atoms with Crippen molar-refractivity contribution >= 4 is 17.5 Å². The highest BCUT2D eigenvalue weighted by Crippen LogP contribution is 2.17. The van der Waals surface area contributed by atoms with Gasteiger partial charge < -0.3 is 9.80 Å². The van der Waals surface area contributed by atoms with Crippen LogP contribution in [-0.2, 0) is 4.79 Å². The van der Waals surface area contributed by atoms with Crippen molar-refractivity contribution in [2.45, 2.75) is 12.8 Å². The molecule has 82 valence electrons. The van der Waals surface area contributed by atoms with E-state index in [9.17, 15) is 4.79 Å². The first kappa shape index (κ1) is 11.8. The topological polar surface area (TPSA) is 23.6 Å². The van der Waals surface area contributed by atoms with Gasteiger partial charge in [-0.1, -0.05) is 0 Å². The molecule has 14 heavy (non-hydrogen) atoms. The highest BCUT2D eigenvalue weighted by molar-refractivity contribution is 6.27. The molecule has 0 aromatic heterocycles. The summed E-state index contributed by atoms with van der Waals surface area (Å²) in [7, 11) is 4.19. The first-order valence-corrected chi connectivity index (χ1v) is 5.65. The van der Waals surface area contributed by atoms with Crippen LogP contribution in [0.5, 0.6) is 0 Å². The molecule has 0 unspecified atom stereocenters. The van der Waals surface area contributed by atoms with Crippen LogP contribution in [0.25, 0.3) is 0 Å². The van der Waals surface area contributed by atoms with Crippen LogP contribution in [0.3, 0.4) is 0 Å². The maximum absolute atomic E-state index is 11.3. The molecule has 1 rings (SSSR count). The maximum atomic E-state index is 11.3. The molecule has 0 N–H and O–H groups in total. The average Bonchev–Trinajstić information content (AvgIpc) is 2.17. The second-order valence-corrected chi connectivity index (χ2v) is 4.49. The molecular weight excluding hydrogens is 200 g/mol. The van der Waals surface area contributed by atoms with E-state index in [2.05, 4.69) is 19.0 Å². The highest BCUT2D eigenvalue weighted by atomic mass is 35.5. The molecule has 1 heterocycles. The first-order valence-electron chi connectivity index (χ1n) is 5.12. The number of rotatable bonds is 3. The van der Waals surface area contributed by atoms with Gasteiger partial charge in [-0.15, -0.1) is 11.6 Å². The molecule has 3 nitrogen and oxygen atoms in total. The monoisotopic (exact) mass is 218 g/mol. The van der Waals surface area contributed by atoms with Gasteiger partial charge in [-0.05, 0) is 32.9 Å². The van der Waals surface area contributed by atoms with Gasteiger partial charge in [-0.2, -0.15) is 0 Å². The van der Waals surface area contributed by atoms with Crippen molar-refractivity contribution in [3.63, 3.8) is 0 Å². The Labute approximate surface area is 91.0 Å². The number of halogens is 1. The summed E-state index contributed by atoms with van der Waals surface area (Å²) in [5, 5.41) is 0. The molecule has 0 aromatic rings.